The van der Waals surface area contributed by atoms with Gasteiger partial charge in [0.25, 0.3) is 5.91 Å². The minimum Gasteiger partial charge on any atom is -0.493 e. The first kappa shape index (κ1) is 18.6. The maximum atomic E-state index is 13.6. The SMILES string of the molecule is COc1cc2c(cc1OC)C(c1cccs1)N(C(=O)c1ccc3n[nH]nc3c1)CC2. The summed E-state index contributed by atoms with van der Waals surface area (Å²) in [4.78, 5) is 16.6. The molecule has 0 saturated heterocycles. The summed E-state index contributed by atoms with van der Waals surface area (Å²) >= 11 is 1.64. The van der Waals surface area contributed by atoms with Crippen LogP contribution < -0.4 is 9.47 Å². The van der Waals surface area contributed by atoms with Gasteiger partial charge in [-0.1, -0.05) is 6.07 Å². The van der Waals surface area contributed by atoms with Gasteiger partial charge in [-0.05, 0) is 59.3 Å². The summed E-state index contributed by atoms with van der Waals surface area (Å²) in [7, 11) is 3.27. The number of hydrogen-bond donors (Lipinski definition) is 1. The van der Waals surface area contributed by atoms with Crippen LogP contribution in [-0.4, -0.2) is 47.0 Å². The van der Waals surface area contributed by atoms with Gasteiger partial charge in [0, 0.05) is 17.0 Å². The zero-order valence-electron chi connectivity index (χ0n) is 16.6. The zero-order chi connectivity index (χ0) is 20.7. The van der Waals surface area contributed by atoms with Crippen LogP contribution in [0.3, 0.4) is 0 Å². The number of carbonyl (C=O) groups is 1. The molecule has 2 aromatic heterocycles. The van der Waals surface area contributed by atoms with E-state index in [9.17, 15) is 4.79 Å². The lowest BCUT2D eigenvalue weighted by Crippen LogP contribution is -2.40. The van der Waals surface area contributed by atoms with E-state index in [1.54, 1.807) is 31.6 Å². The van der Waals surface area contributed by atoms with Crippen LogP contribution in [0, 0.1) is 0 Å². The van der Waals surface area contributed by atoms with E-state index in [0.29, 0.717) is 29.1 Å². The number of thiophene rings is 1. The summed E-state index contributed by atoms with van der Waals surface area (Å²) in [6.45, 7) is 0.612. The van der Waals surface area contributed by atoms with E-state index in [0.717, 1.165) is 22.4 Å². The van der Waals surface area contributed by atoms with Crippen LogP contribution in [0.5, 0.6) is 11.5 Å². The van der Waals surface area contributed by atoms with Crippen molar-refractivity contribution < 1.29 is 14.3 Å². The van der Waals surface area contributed by atoms with Gasteiger partial charge in [-0.3, -0.25) is 4.79 Å². The Morgan fingerprint density at radius 2 is 1.90 bits per heavy atom. The second-order valence-corrected chi connectivity index (χ2v) is 8.08. The summed E-state index contributed by atoms with van der Waals surface area (Å²) in [5.41, 5.74) is 4.25. The molecule has 0 radical (unpaired) electrons. The van der Waals surface area contributed by atoms with Crippen molar-refractivity contribution in [3.05, 3.63) is 69.4 Å². The summed E-state index contributed by atoms with van der Waals surface area (Å²) in [5.74, 6) is 1.34. The van der Waals surface area contributed by atoms with Gasteiger partial charge in [0.05, 0.1) is 20.3 Å². The van der Waals surface area contributed by atoms with E-state index in [1.807, 2.05) is 40.6 Å². The van der Waals surface area contributed by atoms with Crippen molar-refractivity contribution in [1.29, 1.82) is 0 Å². The van der Waals surface area contributed by atoms with Crippen molar-refractivity contribution in [2.75, 3.05) is 20.8 Å². The van der Waals surface area contributed by atoms with Gasteiger partial charge in [0.1, 0.15) is 11.0 Å². The summed E-state index contributed by atoms with van der Waals surface area (Å²) in [5, 5.41) is 12.8. The van der Waals surface area contributed by atoms with Gasteiger partial charge in [0.2, 0.25) is 0 Å². The number of nitrogens with zero attached hydrogens (tertiary/aromatic N) is 3. The molecule has 1 N–H and O–H groups in total. The monoisotopic (exact) mass is 420 g/mol. The lowest BCUT2D eigenvalue weighted by atomic mass is 9.90. The summed E-state index contributed by atoms with van der Waals surface area (Å²) < 4.78 is 11.0. The molecule has 8 heteroatoms. The average molecular weight is 420 g/mol. The predicted molar refractivity (Wildman–Crippen MR) is 114 cm³/mol. The smallest absolute Gasteiger partial charge is 0.254 e. The standard InChI is InChI=1S/C22H20N4O3S/c1-28-18-11-13-7-8-26(22(27)14-5-6-16-17(10-14)24-25-23-16)21(20-4-3-9-30-20)15(13)12-19(18)29-2/h3-6,9-12,21H,7-8H2,1-2H3,(H,23,24,25). The highest BCUT2D eigenvalue weighted by Crippen LogP contribution is 2.42. The molecule has 0 spiro atoms. The van der Waals surface area contributed by atoms with E-state index < -0.39 is 0 Å². The number of fused-ring (bicyclic) bond motifs is 2. The van der Waals surface area contributed by atoms with Gasteiger partial charge in [-0.25, -0.2) is 0 Å². The van der Waals surface area contributed by atoms with Gasteiger partial charge < -0.3 is 14.4 Å². The van der Waals surface area contributed by atoms with Crippen molar-refractivity contribution >= 4 is 28.3 Å². The van der Waals surface area contributed by atoms with Crippen molar-refractivity contribution in [2.24, 2.45) is 0 Å². The number of nitrogens with one attached hydrogen (secondary N) is 1. The Bertz CT molecular complexity index is 1220. The van der Waals surface area contributed by atoms with Crippen molar-refractivity contribution in [2.45, 2.75) is 12.5 Å². The number of aromatic amines is 1. The Morgan fingerprint density at radius 3 is 2.67 bits per heavy atom. The fraction of sp³-hybridized carbons (Fsp3) is 0.227. The van der Waals surface area contributed by atoms with Crippen LogP contribution >= 0.6 is 11.3 Å². The Labute approximate surface area is 177 Å². The minimum atomic E-state index is -0.186. The van der Waals surface area contributed by atoms with Gasteiger partial charge in [-0.15, -0.1) is 11.3 Å². The highest BCUT2D eigenvalue weighted by Gasteiger charge is 2.34. The number of carbonyl (C=O) groups excluding carboxylic acids is 1. The number of H-pyrrole nitrogens is 1. The van der Waals surface area contributed by atoms with E-state index >= 15 is 0 Å². The lowest BCUT2D eigenvalue weighted by molar-refractivity contribution is 0.0697. The van der Waals surface area contributed by atoms with Crippen LogP contribution in [0.4, 0.5) is 0 Å². The number of hydrogen-bond acceptors (Lipinski definition) is 6. The largest absolute Gasteiger partial charge is 0.493 e. The topological polar surface area (TPSA) is 80.3 Å². The first-order chi connectivity index (χ1) is 14.7. The molecule has 5 rings (SSSR count). The van der Waals surface area contributed by atoms with Crippen LogP contribution in [-0.2, 0) is 6.42 Å². The van der Waals surface area contributed by atoms with E-state index in [1.165, 1.54) is 5.56 Å². The van der Waals surface area contributed by atoms with E-state index in [2.05, 4.69) is 21.5 Å². The molecule has 1 unspecified atom stereocenters. The summed E-state index contributed by atoms with van der Waals surface area (Å²) in [6.07, 6.45) is 0.746. The first-order valence-corrected chi connectivity index (χ1v) is 10.5. The maximum absolute atomic E-state index is 13.6. The van der Waals surface area contributed by atoms with Crippen LogP contribution in [0.15, 0.2) is 47.8 Å². The fourth-order valence-corrected chi connectivity index (χ4v) is 4.91. The number of benzene rings is 2. The molecule has 0 bridgehead atoms. The fourth-order valence-electron chi connectivity index (χ4n) is 4.06. The normalized spacial score (nSPS) is 15.8. The Balaban J connectivity index is 1.61. The molecular weight excluding hydrogens is 400 g/mol. The Kier molecular flexibility index (Phi) is 4.63. The highest BCUT2D eigenvalue weighted by atomic mass is 32.1. The third-order valence-electron chi connectivity index (χ3n) is 5.51. The molecule has 0 saturated carbocycles. The second kappa shape index (κ2) is 7.46. The number of ether oxygens (including phenoxy) is 2. The van der Waals surface area contributed by atoms with Gasteiger partial charge >= 0.3 is 0 Å². The second-order valence-electron chi connectivity index (χ2n) is 7.10. The van der Waals surface area contributed by atoms with Gasteiger partial charge in [-0.2, -0.15) is 15.4 Å². The molecule has 2 aromatic carbocycles. The number of aromatic nitrogens is 3. The molecule has 7 nitrogen and oxygen atoms in total. The highest BCUT2D eigenvalue weighted by molar-refractivity contribution is 7.10. The summed E-state index contributed by atoms with van der Waals surface area (Å²) in [6, 6.07) is 13.3. The molecule has 0 fully saturated rings. The molecule has 152 valence electrons. The van der Waals surface area contributed by atoms with E-state index in [4.69, 9.17) is 9.47 Å². The lowest BCUT2D eigenvalue weighted by Gasteiger charge is -2.37. The number of amides is 1. The van der Waals surface area contributed by atoms with Crippen molar-refractivity contribution in [1.82, 2.24) is 20.3 Å². The molecule has 1 aliphatic rings. The Hall–Kier alpha value is -3.39. The molecule has 4 aromatic rings. The van der Waals surface area contributed by atoms with Crippen LogP contribution in [0.2, 0.25) is 0 Å². The average Bonchev–Trinajstić information content (AvgIpc) is 3.48. The van der Waals surface area contributed by atoms with Crippen LogP contribution in [0.1, 0.15) is 32.4 Å². The van der Waals surface area contributed by atoms with E-state index in [-0.39, 0.29) is 11.9 Å². The number of methoxy groups -OCH3 is 2. The molecule has 1 amide bonds. The molecule has 3 heterocycles. The molecule has 0 aliphatic carbocycles. The van der Waals surface area contributed by atoms with Crippen LogP contribution in [0.25, 0.3) is 11.0 Å². The maximum Gasteiger partial charge on any atom is 0.254 e. The quantitative estimate of drug-likeness (QED) is 0.543. The Morgan fingerprint density at radius 1 is 1.10 bits per heavy atom. The third-order valence-corrected chi connectivity index (χ3v) is 6.44. The third kappa shape index (κ3) is 3.00. The van der Waals surface area contributed by atoms with Crippen molar-refractivity contribution in [3.8, 4) is 11.5 Å². The zero-order valence-corrected chi connectivity index (χ0v) is 17.4. The molecular formula is C22H20N4O3S. The molecule has 1 atom stereocenters. The first-order valence-electron chi connectivity index (χ1n) is 9.59. The van der Waals surface area contributed by atoms with Gasteiger partial charge in [0.15, 0.2) is 11.5 Å². The molecule has 30 heavy (non-hydrogen) atoms. The molecule has 1 aliphatic heterocycles. The predicted octanol–water partition coefficient (Wildman–Crippen LogP) is 3.82. The minimum absolute atomic E-state index is 0.0289. The van der Waals surface area contributed by atoms with Crippen molar-refractivity contribution in [3.63, 3.8) is 0 Å². The number of rotatable bonds is 4.